The highest BCUT2D eigenvalue weighted by Crippen LogP contribution is 2.30. The predicted octanol–water partition coefficient (Wildman–Crippen LogP) is 3.35. The van der Waals surface area contributed by atoms with Crippen LogP contribution in [0.1, 0.15) is 41.5 Å². The molecule has 0 aliphatic rings. The van der Waals surface area contributed by atoms with Crippen LogP contribution in [0.5, 0.6) is 0 Å². The maximum Gasteiger partial charge on any atom is 0.450 e. The third-order valence-electron chi connectivity index (χ3n) is 2.94. The van der Waals surface area contributed by atoms with Crippen molar-refractivity contribution in [1.82, 2.24) is 0 Å². The van der Waals surface area contributed by atoms with Crippen molar-refractivity contribution >= 4 is 17.9 Å². The van der Waals surface area contributed by atoms with Gasteiger partial charge in [-0.25, -0.2) is 14.4 Å². The Labute approximate surface area is 142 Å². The smallest absolute Gasteiger partial charge is 0.381 e. The van der Waals surface area contributed by atoms with Crippen LogP contribution in [0.2, 0.25) is 0 Å². The summed E-state index contributed by atoms with van der Waals surface area (Å²) in [6.07, 6.45) is 0. The molecule has 0 amide bonds. The second-order valence-electron chi connectivity index (χ2n) is 5.69. The average molecular weight is 336 g/mol. The number of carbonyl (C=O) groups is 3. The number of esters is 3. The van der Waals surface area contributed by atoms with E-state index in [0.29, 0.717) is 5.57 Å². The van der Waals surface area contributed by atoms with E-state index in [-0.39, 0.29) is 22.3 Å². The molecule has 0 saturated carbocycles. The summed E-state index contributed by atoms with van der Waals surface area (Å²) in [6, 6.07) is 0. The van der Waals surface area contributed by atoms with Crippen LogP contribution in [0.3, 0.4) is 0 Å². The third kappa shape index (κ3) is 5.53. The van der Waals surface area contributed by atoms with Crippen LogP contribution < -0.4 is 0 Å². The highest BCUT2D eigenvalue weighted by molar-refractivity contribution is 5.91. The summed E-state index contributed by atoms with van der Waals surface area (Å²) in [4.78, 5) is 36.0. The van der Waals surface area contributed by atoms with Gasteiger partial charge < -0.3 is 14.2 Å². The van der Waals surface area contributed by atoms with E-state index in [1.807, 2.05) is 0 Å². The number of allylic oxidation sites excluding steroid dienone is 1. The topological polar surface area (TPSA) is 78.9 Å². The van der Waals surface area contributed by atoms with Gasteiger partial charge in [-0.3, -0.25) is 0 Å². The number of hydrogen-bond donors (Lipinski definition) is 0. The van der Waals surface area contributed by atoms with Gasteiger partial charge in [0.1, 0.15) is 0 Å². The first-order valence-electron chi connectivity index (χ1n) is 7.15. The summed E-state index contributed by atoms with van der Waals surface area (Å²) in [7, 11) is 0. The largest absolute Gasteiger partial charge is 0.450 e. The molecular weight excluding hydrogens is 312 g/mol. The molecule has 0 saturated heterocycles. The first-order chi connectivity index (χ1) is 10.8. The normalized spacial score (nSPS) is 10.2. The van der Waals surface area contributed by atoms with E-state index in [0.717, 1.165) is 0 Å². The molecule has 0 aliphatic carbocycles. The van der Waals surface area contributed by atoms with E-state index < -0.39 is 23.9 Å². The second-order valence-corrected chi connectivity index (χ2v) is 5.69. The van der Waals surface area contributed by atoms with E-state index in [1.54, 1.807) is 13.8 Å². The van der Waals surface area contributed by atoms with Crippen molar-refractivity contribution in [2.75, 3.05) is 0 Å². The summed E-state index contributed by atoms with van der Waals surface area (Å²) < 4.78 is 15.6. The maximum absolute atomic E-state index is 12.0. The Morgan fingerprint density at radius 2 is 0.875 bits per heavy atom. The fraction of sp³-hybridized carbons (Fsp3) is 0.389. The minimum absolute atomic E-state index is 0.0404. The lowest BCUT2D eigenvalue weighted by molar-refractivity contribution is -0.304. The van der Waals surface area contributed by atoms with Gasteiger partial charge in [-0.15, -0.1) is 0 Å². The Bertz CT molecular complexity index is 563. The van der Waals surface area contributed by atoms with Crippen LogP contribution in [0.4, 0.5) is 0 Å². The monoisotopic (exact) mass is 336 g/mol. The SMILES string of the molecule is C=C(C)C(=O)OC(OC(=O)C(=C)C)(OC(=O)C(=C)C)C(C)=C(C)C. The molecule has 0 aromatic rings. The van der Waals surface area contributed by atoms with E-state index in [1.165, 1.54) is 27.7 Å². The summed E-state index contributed by atoms with van der Waals surface area (Å²) in [5, 5.41) is 0. The fourth-order valence-corrected chi connectivity index (χ4v) is 1.23. The van der Waals surface area contributed by atoms with Crippen LogP contribution >= 0.6 is 0 Å². The zero-order chi connectivity index (χ0) is 19.2. The Morgan fingerprint density at radius 1 is 0.625 bits per heavy atom. The van der Waals surface area contributed by atoms with Gasteiger partial charge in [0, 0.05) is 16.7 Å². The molecule has 0 bridgehead atoms. The van der Waals surface area contributed by atoms with Gasteiger partial charge in [0.25, 0.3) is 0 Å². The molecule has 0 unspecified atom stereocenters. The summed E-state index contributed by atoms with van der Waals surface area (Å²) >= 11 is 0. The minimum atomic E-state index is -2.36. The van der Waals surface area contributed by atoms with Gasteiger partial charge in [0.2, 0.25) is 0 Å². The van der Waals surface area contributed by atoms with Gasteiger partial charge >= 0.3 is 23.9 Å². The lowest BCUT2D eigenvalue weighted by Crippen LogP contribution is -2.46. The highest BCUT2D eigenvalue weighted by Gasteiger charge is 2.46. The molecule has 6 heteroatoms. The maximum atomic E-state index is 12.0. The first kappa shape index (κ1) is 21.4. The highest BCUT2D eigenvalue weighted by atomic mass is 16.9. The standard InChI is InChI=1S/C18H24O6/c1-10(2)14(9)18(22-15(19)11(3)4,23-16(20)12(5)6)24-17(21)13(7)8/h3,5,7H2,1-2,4,6,8-9H3. The summed E-state index contributed by atoms with van der Waals surface area (Å²) in [5.74, 6) is -5.03. The van der Waals surface area contributed by atoms with Gasteiger partial charge in [-0.05, 0) is 41.5 Å². The molecule has 0 aromatic carbocycles. The molecule has 0 spiro atoms. The molecule has 0 N–H and O–H groups in total. The summed E-state index contributed by atoms with van der Waals surface area (Å²) in [5.41, 5.74) is 0.964. The zero-order valence-corrected chi connectivity index (χ0v) is 15.1. The fourth-order valence-electron chi connectivity index (χ4n) is 1.23. The lowest BCUT2D eigenvalue weighted by atomic mass is 10.1. The lowest BCUT2D eigenvalue weighted by Gasteiger charge is -2.32. The predicted molar refractivity (Wildman–Crippen MR) is 89.5 cm³/mol. The number of ether oxygens (including phenoxy) is 3. The molecule has 0 atom stereocenters. The Balaban J connectivity index is 6.24. The Hall–Kier alpha value is -2.63. The van der Waals surface area contributed by atoms with Crippen molar-refractivity contribution in [3.63, 3.8) is 0 Å². The van der Waals surface area contributed by atoms with Crippen molar-refractivity contribution in [2.45, 2.75) is 47.5 Å². The number of rotatable bonds is 7. The molecule has 0 radical (unpaired) electrons. The van der Waals surface area contributed by atoms with Crippen LogP contribution in [-0.4, -0.2) is 23.9 Å². The van der Waals surface area contributed by atoms with Gasteiger partial charge in [0.15, 0.2) is 0 Å². The van der Waals surface area contributed by atoms with E-state index in [2.05, 4.69) is 19.7 Å². The molecule has 0 heterocycles. The molecule has 0 rings (SSSR count). The molecule has 0 fully saturated rings. The quantitative estimate of drug-likeness (QED) is 0.307. The van der Waals surface area contributed by atoms with E-state index in [9.17, 15) is 14.4 Å². The van der Waals surface area contributed by atoms with Gasteiger partial charge in [-0.1, -0.05) is 25.3 Å². The molecule has 0 aliphatic heterocycles. The van der Waals surface area contributed by atoms with Crippen LogP contribution in [0.15, 0.2) is 47.6 Å². The zero-order valence-electron chi connectivity index (χ0n) is 15.1. The summed E-state index contributed by atoms with van der Waals surface area (Å²) in [6.45, 7) is 19.5. The first-order valence-corrected chi connectivity index (χ1v) is 7.15. The van der Waals surface area contributed by atoms with Crippen molar-refractivity contribution in [3.8, 4) is 0 Å². The Kier molecular flexibility index (Phi) is 7.38. The number of hydrogen-bond acceptors (Lipinski definition) is 6. The molecule has 132 valence electrons. The molecule has 6 nitrogen and oxygen atoms in total. The van der Waals surface area contributed by atoms with Crippen molar-refractivity contribution in [1.29, 1.82) is 0 Å². The Morgan fingerprint density at radius 3 is 1.04 bits per heavy atom. The average Bonchev–Trinajstić information content (AvgIpc) is 2.45. The van der Waals surface area contributed by atoms with Crippen molar-refractivity contribution in [2.24, 2.45) is 0 Å². The molecule has 0 aromatic heterocycles. The number of carbonyl (C=O) groups excluding carboxylic acids is 3. The van der Waals surface area contributed by atoms with E-state index >= 15 is 0 Å². The van der Waals surface area contributed by atoms with Crippen LogP contribution in [0, 0.1) is 0 Å². The minimum Gasteiger partial charge on any atom is -0.381 e. The van der Waals surface area contributed by atoms with Crippen molar-refractivity contribution < 1.29 is 28.6 Å². The molecular formula is C18H24O6. The second kappa shape index (κ2) is 8.29. The van der Waals surface area contributed by atoms with Crippen LogP contribution in [0.25, 0.3) is 0 Å². The molecule has 24 heavy (non-hydrogen) atoms. The van der Waals surface area contributed by atoms with Crippen molar-refractivity contribution in [3.05, 3.63) is 47.6 Å². The van der Waals surface area contributed by atoms with Gasteiger partial charge in [0.05, 0.1) is 5.57 Å². The third-order valence-corrected chi connectivity index (χ3v) is 2.94. The van der Waals surface area contributed by atoms with Gasteiger partial charge in [-0.2, -0.15) is 0 Å². The van der Waals surface area contributed by atoms with E-state index in [4.69, 9.17) is 14.2 Å². The van der Waals surface area contributed by atoms with Crippen LogP contribution in [-0.2, 0) is 28.6 Å².